The van der Waals surface area contributed by atoms with E-state index < -0.39 is 0 Å². The summed E-state index contributed by atoms with van der Waals surface area (Å²) in [6.07, 6.45) is 0. The molecule has 0 fully saturated rings. The number of rotatable bonds is 0. The van der Waals surface area contributed by atoms with Crippen molar-refractivity contribution in [2.45, 2.75) is 6.04 Å². The maximum Gasteiger partial charge on any atom is 0.165 e. The molecule has 66 valence electrons. The zero-order chi connectivity index (χ0) is 9.42. The van der Waals surface area contributed by atoms with Gasteiger partial charge in [0.1, 0.15) is 6.61 Å². The van der Waals surface area contributed by atoms with E-state index in [4.69, 9.17) is 15.7 Å². The van der Waals surface area contributed by atoms with Crippen molar-refractivity contribution in [3.05, 3.63) is 23.3 Å². The Morgan fingerprint density at radius 1 is 1.62 bits per heavy atom. The van der Waals surface area contributed by atoms with Crippen LogP contribution in [0.5, 0.6) is 11.5 Å². The van der Waals surface area contributed by atoms with Gasteiger partial charge in [0.25, 0.3) is 0 Å². The summed E-state index contributed by atoms with van der Waals surface area (Å²) in [6.45, 7) is 0.359. The molecule has 1 aliphatic rings. The number of fused-ring (bicyclic) bond motifs is 1. The van der Waals surface area contributed by atoms with Crippen molar-refractivity contribution in [2.24, 2.45) is 5.73 Å². The lowest BCUT2D eigenvalue weighted by Gasteiger charge is -2.02. The molecule has 13 heavy (non-hydrogen) atoms. The van der Waals surface area contributed by atoms with Crippen LogP contribution in [0.3, 0.4) is 0 Å². The van der Waals surface area contributed by atoms with Crippen LogP contribution < -0.4 is 10.5 Å². The van der Waals surface area contributed by atoms with E-state index in [1.165, 1.54) is 6.07 Å². The van der Waals surface area contributed by atoms with E-state index in [1.54, 1.807) is 6.07 Å². The van der Waals surface area contributed by atoms with Crippen molar-refractivity contribution in [1.82, 2.24) is 0 Å². The molecule has 1 atom stereocenters. The van der Waals surface area contributed by atoms with Crippen LogP contribution in [-0.4, -0.2) is 11.7 Å². The highest BCUT2D eigenvalue weighted by atomic mass is 16.5. The number of nitrogens with two attached hydrogens (primary N) is 1. The molecule has 1 aromatic rings. The third-order valence-corrected chi connectivity index (χ3v) is 2.03. The summed E-state index contributed by atoms with van der Waals surface area (Å²) in [5.74, 6) is 0.397. The Labute approximate surface area is 75.2 Å². The van der Waals surface area contributed by atoms with Gasteiger partial charge < -0.3 is 15.6 Å². The van der Waals surface area contributed by atoms with Crippen LogP contribution in [0.1, 0.15) is 17.2 Å². The van der Waals surface area contributed by atoms with E-state index in [-0.39, 0.29) is 11.8 Å². The average Bonchev–Trinajstić information content (AvgIpc) is 2.48. The van der Waals surface area contributed by atoms with Gasteiger partial charge in [0.15, 0.2) is 11.5 Å². The summed E-state index contributed by atoms with van der Waals surface area (Å²) in [4.78, 5) is 0. The number of hydrogen-bond acceptors (Lipinski definition) is 4. The number of hydrogen-bond donors (Lipinski definition) is 2. The van der Waals surface area contributed by atoms with Gasteiger partial charge in [0.05, 0.1) is 17.7 Å². The van der Waals surface area contributed by atoms with Crippen LogP contribution in [0.4, 0.5) is 0 Å². The second-order valence-corrected chi connectivity index (χ2v) is 2.94. The summed E-state index contributed by atoms with van der Waals surface area (Å²) in [5, 5.41) is 18.1. The molecular formula is C9H8N2O2. The molecule has 4 nitrogen and oxygen atoms in total. The van der Waals surface area contributed by atoms with Crippen LogP contribution in [0.2, 0.25) is 0 Å². The molecule has 1 aromatic carbocycles. The number of aromatic hydroxyl groups is 1. The fourth-order valence-corrected chi connectivity index (χ4v) is 1.40. The molecule has 2 rings (SSSR count). The van der Waals surface area contributed by atoms with Gasteiger partial charge >= 0.3 is 0 Å². The molecule has 1 heterocycles. The van der Waals surface area contributed by atoms with Gasteiger partial charge in [-0.1, -0.05) is 0 Å². The smallest absolute Gasteiger partial charge is 0.165 e. The van der Waals surface area contributed by atoms with E-state index in [2.05, 4.69) is 0 Å². The molecule has 0 saturated heterocycles. The van der Waals surface area contributed by atoms with Gasteiger partial charge in [-0.15, -0.1) is 0 Å². The Morgan fingerprint density at radius 2 is 2.38 bits per heavy atom. The molecule has 4 heteroatoms. The zero-order valence-corrected chi connectivity index (χ0v) is 6.82. The maximum absolute atomic E-state index is 9.43. The quantitative estimate of drug-likeness (QED) is 0.608. The van der Waals surface area contributed by atoms with E-state index >= 15 is 0 Å². The first-order valence-corrected chi connectivity index (χ1v) is 3.87. The molecule has 0 amide bonds. The summed E-state index contributed by atoms with van der Waals surface area (Å²) < 4.78 is 5.16. The summed E-state index contributed by atoms with van der Waals surface area (Å²) >= 11 is 0. The fourth-order valence-electron chi connectivity index (χ4n) is 1.40. The summed E-state index contributed by atoms with van der Waals surface area (Å²) in [7, 11) is 0. The normalized spacial score (nSPS) is 18.9. The van der Waals surface area contributed by atoms with Gasteiger partial charge in [-0.25, -0.2) is 0 Å². The Hall–Kier alpha value is -1.73. The average molecular weight is 176 g/mol. The van der Waals surface area contributed by atoms with Gasteiger partial charge in [0.2, 0.25) is 0 Å². The van der Waals surface area contributed by atoms with Crippen molar-refractivity contribution < 1.29 is 9.84 Å². The van der Waals surface area contributed by atoms with E-state index in [1.807, 2.05) is 6.07 Å². The molecule has 0 unspecified atom stereocenters. The Kier molecular flexibility index (Phi) is 1.61. The lowest BCUT2D eigenvalue weighted by atomic mass is 10.1. The highest BCUT2D eigenvalue weighted by molar-refractivity contribution is 5.54. The lowest BCUT2D eigenvalue weighted by Crippen LogP contribution is -2.10. The molecule has 0 aromatic heterocycles. The zero-order valence-electron chi connectivity index (χ0n) is 6.82. The first-order chi connectivity index (χ1) is 6.22. The molecule has 1 aliphatic heterocycles. The van der Waals surface area contributed by atoms with Crippen LogP contribution in [0, 0.1) is 11.3 Å². The number of ether oxygens (including phenoxy) is 1. The van der Waals surface area contributed by atoms with Crippen LogP contribution in [-0.2, 0) is 0 Å². The number of phenols is 1. The third kappa shape index (κ3) is 1.10. The van der Waals surface area contributed by atoms with Gasteiger partial charge in [-0.05, 0) is 6.07 Å². The third-order valence-electron chi connectivity index (χ3n) is 2.03. The minimum atomic E-state index is -0.241. The Bertz CT molecular complexity index is 395. The highest BCUT2D eigenvalue weighted by Gasteiger charge is 2.24. The van der Waals surface area contributed by atoms with Crippen LogP contribution in [0.25, 0.3) is 0 Å². The van der Waals surface area contributed by atoms with Crippen molar-refractivity contribution >= 4 is 0 Å². The van der Waals surface area contributed by atoms with E-state index in [0.29, 0.717) is 23.5 Å². The lowest BCUT2D eigenvalue weighted by molar-refractivity contribution is 0.317. The molecule has 0 bridgehead atoms. The largest absolute Gasteiger partial charge is 0.504 e. The summed E-state index contributed by atoms with van der Waals surface area (Å²) in [6, 6.07) is 4.72. The van der Waals surface area contributed by atoms with Crippen molar-refractivity contribution in [2.75, 3.05) is 6.61 Å². The SMILES string of the molecule is N#Cc1cc(O)c2c(c1)[C@@H](N)CO2. The molecule has 0 aliphatic carbocycles. The topological polar surface area (TPSA) is 79.3 Å². The van der Waals surface area contributed by atoms with Crippen LogP contribution >= 0.6 is 0 Å². The maximum atomic E-state index is 9.43. The Balaban J connectivity index is 2.61. The number of benzene rings is 1. The predicted molar refractivity (Wildman–Crippen MR) is 45.2 cm³/mol. The molecule has 0 spiro atoms. The summed E-state index contributed by atoms with van der Waals surface area (Å²) in [5.41, 5.74) is 6.80. The standard InChI is InChI=1S/C9H8N2O2/c10-3-5-1-6-7(11)4-13-9(6)8(12)2-5/h1-2,7,12H,4,11H2/t7-/m0/s1. The second kappa shape index (κ2) is 2.64. The molecule has 3 N–H and O–H groups in total. The van der Waals surface area contributed by atoms with Crippen molar-refractivity contribution in [3.63, 3.8) is 0 Å². The number of nitriles is 1. The van der Waals surface area contributed by atoms with Gasteiger partial charge in [-0.2, -0.15) is 5.26 Å². The second-order valence-electron chi connectivity index (χ2n) is 2.94. The van der Waals surface area contributed by atoms with Crippen molar-refractivity contribution in [3.8, 4) is 17.6 Å². The molecule has 0 saturated carbocycles. The van der Waals surface area contributed by atoms with Gasteiger partial charge in [0, 0.05) is 11.6 Å². The Morgan fingerprint density at radius 3 is 3.08 bits per heavy atom. The monoisotopic (exact) mass is 176 g/mol. The molecule has 0 radical (unpaired) electrons. The minimum Gasteiger partial charge on any atom is -0.504 e. The van der Waals surface area contributed by atoms with Crippen LogP contribution in [0.15, 0.2) is 12.1 Å². The number of nitrogens with zero attached hydrogens (tertiary/aromatic N) is 1. The minimum absolute atomic E-state index is 0.0120. The molecular weight excluding hydrogens is 168 g/mol. The first-order valence-electron chi connectivity index (χ1n) is 3.87. The highest BCUT2D eigenvalue weighted by Crippen LogP contribution is 2.39. The number of phenolic OH excluding ortho intramolecular Hbond substituents is 1. The first kappa shape index (κ1) is 7.90. The fraction of sp³-hybridized carbons (Fsp3) is 0.222. The van der Waals surface area contributed by atoms with Gasteiger partial charge in [-0.3, -0.25) is 0 Å². The predicted octanol–water partition coefficient (Wildman–Crippen LogP) is 0.656. The van der Waals surface area contributed by atoms with Crippen molar-refractivity contribution in [1.29, 1.82) is 5.26 Å². The van der Waals surface area contributed by atoms with E-state index in [0.717, 1.165) is 0 Å². The van der Waals surface area contributed by atoms with E-state index in [9.17, 15) is 5.11 Å².